The lowest BCUT2D eigenvalue weighted by Crippen LogP contribution is -2.30. The Kier molecular flexibility index (Phi) is 1.66. The molecule has 0 bridgehead atoms. The van der Waals surface area contributed by atoms with Gasteiger partial charge in [-0.1, -0.05) is 11.8 Å². The van der Waals surface area contributed by atoms with Crippen molar-refractivity contribution in [1.29, 1.82) is 0 Å². The van der Waals surface area contributed by atoms with Crippen LogP contribution in [0.25, 0.3) is 0 Å². The van der Waals surface area contributed by atoms with Gasteiger partial charge >= 0.3 is 0 Å². The number of fused-ring (bicyclic) bond motifs is 1. The lowest BCUT2D eigenvalue weighted by molar-refractivity contribution is 0.455. The van der Waals surface area contributed by atoms with E-state index in [0.717, 1.165) is 0 Å². The van der Waals surface area contributed by atoms with Crippen molar-refractivity contribution in [2.75, 3.05) is 0 Å². The van der Waals surface area contributed by atoms with E-state index >= 15 is 0 Å². The third kappa shape index (κ3) is 1.28. The number of nitrogens with zero attached hydrogens (tertiary/aromatic N) is 1. The Bertz CT molecular complexity index is 242. The van der Waals surface area contributed by atoms with E-state index < -0.39 is 0 Å². The summed E-state index contributed by atoms with van der Waals surface area (Å²) < 4.78 is 0. The first-order valence-corrected chi connectivity index (χ1v) is 4.46. The normalized spacial score (nSPS) is 27.5. The predicted molar refractivity (Wildman–Crippen MR) is 48.4 cm³/mol. The monoisotopic (exact) mass is 166 g/mol. The molecule has 0 fully saturated rings. The standard InChI is InChI=1S/C8H10N2S/c1-7-6-10-5-3-2-4-9-8(10)11-7/h2-6,8-9H,1H3. The van der Waals surface area contributed by atoms with E-state index in [1.807, 2.05) is 30.1 Å². The largest absolute Gasteiger partial charge is 0.362 e. The molecule has 1 N–H and O–H groups in total. The van der Waals surface area contributed by atoms with Gasteiger partial charge in [-0.05, 0) is 25.3 Å². The smallest absolute Gasteiger partial charge is 0.155 e. The van der Waals surface area contributed by atoms with Crippen molar-refractivity contribution in [2.45, 2.75) is 12.4 Å². The van der Waals surface area contributed by atoms with Gasteiger partial charge in [-0.2, -0.15) is 0 Å². The minimum absolute atomic E-state index is 0.366. The summed E-state index contributed by atoms with van der Waals surface area (Å²) in [5.74, 6) is 0. The number of hydrogen-bond acceptors (Lipinski definition) is 3. The maximum absolute atomic E-state index is 3.27. The highest BCUT2D eigenvalue weighted by molar-refractivity contribution is 8.03. The Balaban J connectivity index is 2.19. The zero-order chi connectivity index (χ0) is 7.68. The quantitative estimate of drug-likeness (QED) is 0.591. The zero-order valence-corrected chi connectivity index (χ0v) is 7.14. The van der Waals surface area contributed by atoms with Gasteiger partial charge in [0.05, 0.1) is 0 Å². The Morgan fingerprint density at radius 1 is 1.55 bits per heavy atom. The third-order valence-corrected chi connectivity index (χ3v) is 2.68. The second-order valence-corrected chi connectivity index (χ2v) is 3.85. The first kappa shape index (κ1) is 6.85. The molecule has 2 heterocycles. The summed E-state index contributed by atoms with van der Waals surface area (Å²) in [6.45, 7) is 2.12. The highest BCUT2D eigenvalue weighted by atomic mass is 32.2. The van der Waals surface area contributed by atoms with E-state index in [0.29, 0.717) is 5.50 Å². The van der Waals surface area contributed by atoms with E-state index in [1.165, 1.54) is 4.91 Å². The second kappa shape index (κ2) is 2.66. The maximum atomic E-state index is 3.27. The van der Waals surface area contributed by atoms with Crippen LogP contribution in [0.3, 0.4) is 0 Å². The van der Waals surface area contributed by atoms with E-state index in [2.05, 4.69) is 29.5 Å². The van der Waals surface area contributed by atoms with Crippen molar-refractivity contribution < 1.29 is 0 Å². The summed E-state index contributed by atoms with van der Waals surface area (Å²) in [7, 11) is 0. The Morgan fingerprint density at radius 3 is 3.36 bits per heavy atom. The number of allylic oxidation sites excluding steroid dienone is 3. The molecule has 58 valence electrons. The SMILES string of the molecule is CC1=CN2C=CC=CNC2S1. The fraction of sp³-hybridized carbons (Fsp3) is 0.250. The predicted octanol–water partition coefficient (Wildman–Crippen LogP) is 1.81. The molecule has 0 aromatic rings. The second-order valence-electron chi connectivity index (χ2n) is 2.52. The van der Waals surface area contributed by atoms with Gasteiger partial charge in [0.1, 0.15) is 0 Å². The van der Waals surface area contributed by atoms with Gasteiger partial charge in [-0.15, -0.1) is 0 Å². The number of nitrogens with one attached hydrogen (secondary N) is 1. The zero-order valence-electron chi connectivity index (χ0n) is 6.32. The van der Waals surface area contributed by atoms with Gasteiger partial charge in [-0.25, -0.2) is 0 Å². The van der Waals surface area contributed by atoms with Gasteiger partial charge in [0.2, 0.25) is 0 Å². The molecule has 0 amide bonds. The lowest BCUT2D eigenvalue weighted by atomic mass is 10.5. The molecule has 0 aromatic heterocycles. The molecule has 0 aromatic carbocycles. The topological polar surface area (TPSA) is 15.3 Å². The molecule has 1 unspecified atom stereocenters. The number of rotatable bonds is 0. The average Bonchev–Trinajstić information content (AvgIpc) is 2.17. The highest BCUT2D eigenvalue weighted by Crippen LogP contribution is 2.31. The van der Waals surface area contributed by atoms with Crippen molar-refractivity contribution >= 4 is 11.8 Å². The summed E-state index contributed by atoms with van der Waals surface area (Å²) >= 11 is 1.84. The molecule has 2 nitrogen and oxygen atoms in total. The molecule has 2 aliphatic rings. The molecule has 0 saturated carbocycles. The van der Waals surface area contributed by atoms with Crippen LogP contribution in [0.1, 0.15) is 6.92 Å². The Morgan fingerprint density at radius 2 is 2.45 bits per heavy atom. The van der Waals surface area contributed by atoms with Crippen LogP contribution in [0, 0.1) is 0 Å². The van der Waals surface area contributed by atoms with Crippen LogP contribution in [-0.2, 0) is 0 Å². The Labute approximate surface area is 70.6 Å². The molecule has 0 aliphatic carbocycles. The van der Waals surface area contributed by atoms with Crippen LogP contribution in [0.15, 0.2) is 35.7 Å². The van der Waals surface area contributed by atoms with Gasteiger partial charge in [0, 0.05) is 17.3 Å². The van der Waals surface area contributed by atoms with Gasteiger partial charge < -0.3 is 10.2 Å². The minimum atomic E-state index is 0.366. The molecular formula is C8H10N2S. The lowest BCUT2D eigenvalue weighted by Gasteiger charge is -2.18. The summed E-state index contributed by atoms with van der Waals surface area (Å²) in [6, 6.07) is 0. The molecule has 11 heavy (non-hydrogen) atoms. The summed E-state index contributed by atoms with van der Waals surface area (Å²) in [6.07, 6.45) is 10.2. The van der Waals surface area contributed by atoms with Crippen LogP contribution >= 0.6 is 11.8 Å². The van der Waals surface area contributed by atoms with Crippen molar-refractivity contribution in [2.24, 2.45) is 0 Å². The van der Waals surface area contributed by atoms with Gasteiger partial charge in [0.25, 0.3) is 0 Å². The summed E-state index contributed by atoms with van der Waals surface area (Å²) in [5, 5.41) is 3.27. The fourth-order valence-electron chi connectivity index (χ4n) is 1.13. The van der Waals surface area contributed by atoms with Gasteiger partial charge in [0.15, 0.2) is 5.50 Å². The van der Waals surface area contributed by atoms with Crippen LogP contribution < -0.4 is 5.32 Å². The average molecular weight is 166 g/mol. The summed E-state index contributed by atoms with van der Waals surface area (Å²) in [4.78, 5) is 3.52. The van der Waals surface area contributed by atoms with Crippen LogP contribution in [0.2, 0.25) is 0 Å². The van der Waals surface area contributed by atoms with E-state index in [4.69, 9.17) is 0 Å². The molecule has 2 aliphatic heterocycles. The molecule has 3 heteroatoms. The van der Waals surface area contributed by atoms with E-state index in [1.54, 1.807) is 0 Å². The van der Waals surface area contributed by atoms with E-state index in [9.17, 15) is 0 Å². The van der Waals surface area contributed by atoms with Crippen molar-refractivity contribution in [3.8, 4) is 0 Å². The highest BCUT2D eigenvalue weighted by Gasteiger charge is 2.20. The Hall–Kier alpha value is -0.830. The van der Waals surface area contributed by atoms with Crippen molar-refractivity contribution in [3.05, 3.63) is 35.7 Å². The third-order valence-electron chi connectivity index (χ3n) is 1.60. The molecule has 1 atom stereocenters. The van der Waals surface area contributed by atoms with Crippen LogP contribution in [0.4, 0.5) is 0 Å². The molecule has 2 rings (SSSR count). The number of hydrogen-bond donors (Lipinski definition) is 1. The van der Waals surface area contributed by atoms with Gasteiger partial charge in [-0.3, -0.25) is 0 Å². The van der Waals surface area contributed by atoms with Crippen LogP contribution in [-0.4, -0.2) is 10.4 Å². The van der Waals surface area contributed by atoms with Crippen LogP contribution in [0.5, 0.6) is 0 Å². The van der Waals surface area contributed by atoms with Crippen molar-refractivity contribution in [3.63, 3.8) is 0 Å². The summed E-state index contributed by atoms with van der Waals surface area (Å²) in [5.41, 5.74) is 0.366. The molecule has 0 spiro atoms. The minimum Gasteiger partial charge on any atom is -0.362 e. The fourth-order valence-corrected chi connectivity index (χ4v) is 2.06. The molecular weight excluding hydrogens is 156 g/mol. The van der Waals surface area contributed by atoms with E-state index in [-0.39, 0.29) is 0 Å². The first-order valence-electron chi connectivity index (χ1n) is 3.58. The number of thioether (sulfide) groups is 1. The molecule has 0 saturated heterocycles. The maximum Gasteiger partial charge on any atom is 0.155 e. The van der Waals surface area contributed by atoms with Crippen molar-refractivity contribution in [1.82, 2.24) is 10.2 Å². The first-order chi connectivity index (χ1) is 5.36. The molecule has 0 radical (unpaired) electrons.